The van der Waals surface area contributed by atoms with Gasteiger partial charge in [-0.1, -0.05) is 0 Å². The minimum absolute atomic E-state index is 0.0566. The number of amides is 5. The van der Waals surface area contributed by atoms with Crippen LogP contribution in [-0.2, 0) is 52.6 Å². The number of carbonyl (C=O) groups is 6. The number of rotatable bonds is 16. The van der Waals surface area contributed by atoms with Gasteiger partial charge in [-0.05, 0) is 39.5 Å². The van der Waals surface area contributed by atoms with Crippen molar-refractivity contribution in [1.29, 1.82) is 0 Å². The normalized spacial score (nSPS) is 34.6. The molecule has 4 aliphatic heterocycles. The van der Waals surface area contributed by atoms with Crippen LogP contribution in [0, 0.1) is 0 Å². The third-order valence-electron chi connectivity index (χ3n) is 9.48. The van der Waals surface area contributed by atoms with Crippen LogP contribution in [0.2, 0.25) is 0 Å². The van der Waals surface area contributed by atoms with Crippen LogP contribution in [0.3, 0.4) is 0 Å². The summed E-state index contributed by atoms with van der Waals surface area (Å²) in [7, 11) is 0. The molecule has 4 heterocycles. The summed E-state index contributed by atoms with van der Waals surface area (Å²) in [5.74, 6) is -3.85. The standard InChI is InChI=1S/C32H50N4O17/c1-15-23(41)25(43)27(45)31(51-15)49-13-11-33-29(47)17-7-8-18(30(48)34-12-14-50-32-28(46)26(44)24(42)16(2)52-32)35(17)19(37)5-3-4-6-22(40)53-36-20(38)9-10-21(36)39/h15-18,23-28,31-32,41-46H,3-14H2,1-2H3,(H,33,47)(H,34,48)/t15-,16-,17+,18+,23+,24+,25+,26+,27-,28-,31+,32+/m0/s1. The zero-order chi connectivity index (χ0) is 39.0. The average Bonchev–Trinajstić information content (AvgIpc) is 3.72. The molecular weight excluding hydrogens is 712 g/mol. The van der Waals surface area contributed by atoms with E-state index < -0.39 is 109 Å². The number of nitrogens with one attached hydrogen (secondary N) is 2. The molecule has 0 aromatic heterocycles. The van der Waals surface area contributed by atoms with Gasteiger partial charge < -0.3 is 70.0 Å². The molecular formula is C32H50N4O17. The maximum absolute atomic E-state index is 13.5. The molecule has 0 aromatic carbocycles. The van der Waals surface area contributed by atoms with Crippen LogP contribution >= 0.6 is 0 Å². The van der Waals surface area contributed by atoms with Gasteiger partial charge in [0.1, 0.15) is 48.7 Å². The molecule has 0 aromatic rings. The molecule has 0 spiro atoms. The van der Waals surface area contributed by atoms with Gasteiger partial charge in [0.05, 0.1) is 25.4 Å². The first kappa shape index (κ1) is 42.4. The molecule has 12 atom stereocenters. The molecule has 8 N–H and O–H groups in total. The SMILES string of the molecule is C[C@@H]1O[C@@H](OCCNC(=O)[C@H]2CC[C@H](C(=O)NCCO[C@@H]3O[C@@H](C)[C@@H](O)[C@@H](O)[C@@H]3O)N2C(=O)CCCCC(=O)ON2C(=O)CCC2=O)[C@@H](O)[C@H](O)[C@@H]1O. The molecule has 4 rings (SSSR count). The summed E-state index contributed by atoms with van der Waals surface area (Å²) in [5.41, 5.74) is 0. The molecule has 4 saturated heterocycles. The number of aliphatic hydroxyl groups excluding tert-OH is 6. The van der Waals surface area contributed by atoms with E-state index in [0.29, 0.717) is 5.06 Å². The highest BCUT2D eigenvalue weighted by Crippen LogP contribution is 2.27. The molecule has 0 aliphatic carbocycles. The van der Waals surface area contributed by atoms with Crippen molar-refractivity contribution in [3.05, 3.63) is 0 Å². The number of aliphatic hydroxyl groups is 6. The lowest BCUT2D eigenvalue weighted by atomic mass is 10.0. The first-order valence-corrected chi connectivity index (χ1v) is 17.7. The Morgan fingerprint density at radius 2 is 1.11 bits per heavy atom. The number of likely N-dealkylation sites (tertiary alicyclic amines) is 1. The van der Waals surface area contributed by atoms with Crippen LogP contribution in [0.1, 0.15) is 65.2 Å². The third kappa shape index (κ3) is 10.6. The molecule has 300 valence electrons. The average molecular weight is 763 g/mol. The topological polar surface area (TPSA) is 300 Å². The summed E-state index contributed by atoms with van der Waals surface area (Å²) in [4.78, 5) is 81.7. The number of nitrogens with zero attached hydrogens (tertiary/aromatic N) is 2. The Morgan fingerprint density at radius 1 is 0.679 bits per heavy atom. The third-order valence-corrected chi connectivity index (χ3v) is 9.48. The van der Waals surface area contributed by atoms with Crippen molar-refractivity contribution in [1.82, 2.24) is 20.6 Å². The van der Waals surface area contributed by atoms with Crippen LogP contribution < -0.4 is 10.6 Å². The van der Waals surface area contributed by atoms with Crippen molar-refractivity contribution in [2.24, 2.45) is 0 Å². The fourth-order valence-electron chi connectivity index (χ4n) is 6.39. The van der Waals surface area contributed by atoms with Crippen molar-refractivity contribution >= 4 is 35.5 Å². The summed E-state index contributed by atoms with van der Waals surface area (Å²) in [6.07, 6.45) is -12.9. The monoisotopic (exact) mass is 762 g/mol. The van der Waals surface area contributed by atoms with Gasteiger partial charge in [0, 0.05) is 38.8 Å². The maximum atomic E-state index is 13.5. The number of hydroxylamine groups is 2. The first-order valence-electron chi connectivity index (χ1n) is 17.7. The molecule has 53 heavy (non-hydrogen) atoms. The van der Waals surface area contributed by atoms with Gasteiger partial charge in [-0.25, -0.2) is 4.79 Å². The Labute approximate surface area is 304 Å². The molecule has 5 amide bonds. The summed E-state index contributed by atoms with van der Waals surface area (Å²) in [6.45, 7) is 2.42. The van der Waals surface area contributed by atoms with E-state index in [9.17, 15) is 59.4 Å². The molecule has 0 saturated carbocycles. The van der Waals surface area contributed by atoms with Crippen molar-refractivity contribution in [2.45, 2.75) is 139 Å². The largest absolute Gasteiger partial charge is 0.388 e. The Hall–Kier alpha value is -3.38. The van der Waals surface area contributed by atoms with E-state index in [0.717, 1.165) is 4.90 Å². The minimum Gasteiger partial charge on any atom is -0.388 e. The van der Waals surface area contributed by atoms with E-state index in [-0.39, 0.29) is 77.7 Å². The second kappa shape index (κ2) is 19.3. The minimum atomic E-state index is -1.54. The van der Waals surface area contributed by atoms with E-state index in [1.807, 2.05) is 0 Å². The van der Waals surface area contributed by atoms with E-state index in [1.54, 1.807) is 0 Å². The summed E-state index contributed by atoms with van der Waals surface area (Å²) >= 11 is 0. The fourth-order valence-corrected chi connectivity index (χ4v) is 6.39. The quantitative estimate of drug-likeness (QED) is 0.0542. The predicted molar refractivity (Wildman–Crippen MR) is 172 cm³/mol. The maximum Gasteiger partial charge on any atom is 0.333 e. The second-order valence-corrected chi connectivity index (χ2v) is 13.3. The Morgan fingerprint density at radius 3 is 1.57 bits per heavy atom. The van der Waals surface area contributed by atoms with Crippen LogP contribution in [0.5, 0.6) is 0 Å². The Kier molecular flexibility index (Phi) is 15.4. The van der Waals surface area contributed by atoms with Crippen molar-refractivity contribution < 1.29 is 83.2 Å². The van der Waals surface area contributed by atoms with Crippen molar-refractivity contribution in [3.63, 3.8) is 0 Å². The van der Waals surface area contributed by atoms with E-state index in [1.165, 1.54) is 13.8 Å². The van der Waals surface area contributed by atoms with Gasteiger partial charge >= 0.3 is 5.97 Å². The van der Waals surface area contributed by atoms with Gasteiger partial charge in [-0.2, -0.15) is 0 Å². The van der Waals surface area contributed by atoms with E-state index in [2.05, 4.69) is 10.6 Å². The first-order chi connectivity index (χ1) is 25.1. The smallest absolute Gasteiger partial charge is 0.333 e. The van der Waals surface area contributed by atoms with Crippen LogP contribution in [0.15, 0.2) is 0 Å². The Bertz CT molecular complexity index is 1240. The van der Waals surface area contributed by atoms with Crippen molar-refractivity contribution in [2.75, 3.05) is 26.3 Å². The summed E-state index contributed by atoms with van der Waals surface area (Å²) in [6, 6.07) is -2.14. The highest BCUT2D eigenvalue weighted by Gasteiger charge is 2.45. The lowest BCUT2D eigenvalue weighted by Gasteiger charge is -2.39. The lowest BCUT2D eigenvalue weighted by Crippen LogP contribution is -2.57. The molecule has 0 radical (unpaired) electrons. The van der Waals surface area contributed by atoms with Crippen molar-refractivity contribution in [3.8, 4) is 0 Å². The number of unbranched alkanes of at least 4 members (excludes halogenated alkanes) is 1. The van der Waals surface area contributed by atoms with Gasteiger partial charge in [0.2, 0.25) is 17.7 Å². The second-order valence-electron chi connectivity index (χ2n) is 13.3. The number of imide groups is 1. The Balaban J connectivity index is 1.30. The number of hydrogen-bond donors (Lipinski definition) is 8. The lowest BCUT2D eigenvalue weighted by molar-refractivity contribution is -0.292. The summed E-state index contributed by atoms with van der Waals surface area (Å²) in [5, 5.41) is 65.6. The zero-order valence-electron chi connectivity index (χ0n) is 29.5. The molecule has 4 fully saturated rings. The molecule has 0 bridgehead atoms. The number of carbonyl (C=O) groups excluding carboxylic acids is 6. The van der Waals surface area contributed by atoms with Crippen LogP contribution in [0.4, 0.5) is 0 Å². The van der Waals surface area contributed by atoms with E-state index in [4.69, 9.17) is 23.8 Å². The molecule has 4 aliphatic rings. The van der Waals surface area contributed by atoms with Gasteiger partial charge in [-0.15, -0.1) is 5.06 Å². The number of hydrogen-bond acceptors (Lipinski definition) is 17. The fraction of sp³-hybridized carbons (Fsp3) is 0.812. The van der Waals surface area contributed by atoms with Crippen LogP contribution in [-0.4, -0.2) is 176 Å². The molecule has 0 unspecified atom stereocenters. The van der Waals surface area contributed by atoms with E-state index >= 15 is 0 Å². The summed E-state index contributed by atoms with van der Waals surface area (Å²) < 4.78 is 21.6. The zero-order valence-corrected chi connectivity index (χ0v) is 29.5. The van der Waals surface area contributed by atoms with Gasteiger partial charge in [0.25, 0.3) is 11.8 Å². The predicted octanol–water partition coefficient (Wildman–Crippen LogP) is -4.57. The van der Waals surface area contributed by atoms with Crippen LogP contribution in [0.25, 0.3) is 0 Å². The van der Waals surface area contributed by atoms with Gasteiger partial charge in [0.15, 0.2) is 12.6 Å². The molecule has 21 nitrogen and oxygen atoms in total. The highest BCUT2D eigenvalue weighted by molar-refractivity contribution is 6.01. The van der Waals surface area contributed by atoms with Gasteiger partial charge in [-0.3, -0.25) is 24.0 Å². The number of ether oxygens (including phenoxy) is 4. The highest BCUT2D eigenvalue weighted by atomic mass is 16.7. The molecule has 21 heteroatoms.